The van der Waals surface area contributed by atoms with Gasteiger partial charge in [0.25, 0.3) is 5.91 Å². The average molecular weight is 364 g/mol. The molecule has 140 valence electrons. The van der Waals surface area contributed by atoms with Crippen molar-refractivity contribution in [3.8, 4) is 0 Å². The molecule has 0 aliphatic carbocycles. The smallest absolute Gasteiger partial charge is 0.255 e. The average Bonchev–Trinajstić information content (AvgIpc) is 3.14. The first-order valence-electron chi connectivity index (χ1n) is 9.17. The van der Waals surface area contributed by atoms with E-state index in [1.807, 2.05) is 54.7 Å². The number of anilines is 1. The van der Waals surface area contributed by atoms with Gasteiger partial charge in [-0.15, -0.1) is 5.10 Å². The molecule has 0 unspecified atom stereocenters. The number of hydrogen-bond donors (Lipinski definition) is 2. The molecule has 2 N–H and O–H groups in total. The number of aromatic nitrogens is 3. The first-order valence-corrected chi connectivity index (χ1v) is 9.17. The molecule has 2 aromatic carbocycles. The van der Waals surface area contributed by atoms with Crippen LogP contribution >= 0.6 is 0 Å². The SMILES string of the molecule is CCc1ccc(NC(=O)c2ccc(Cn3cc(CCCO)nn3)cc2)cc1. The lowest BCUT2D eigenvalue weighted by atomic mass is 10.1. The van der Waals surface area contributed by atoms with Gasteiger partial charge in [-0.2, -0.15) is 0 Å². The Morgan fingerprint density at radius 3 is 2.44 bits per heavy atom. The summed E-state index contributed by atoms with van der Waals surface area (Å²) in [6.45, 7) is 2.84. The molecule has 0 bridgehead atoms. The molecule has 3 rings (SSSR count). The standard InChI is InChI=1S/C21H24N4O2/c1-2-16-7-11-19(12-8-16)22-21(27)18-9-5-17(6-10-18)14-25-15-20(23-24-25)4-3-13-26/h5-12,15,26H,2-4,13-14H2,1H3,(H,22,27). The van der Waals surface area contributed by atoms with Crippen molar-refractivity contribution >= 4 is 11.6 Å². The largest absolute Gasteiger partial charge is 0.396 e. The second-order valence-electron chi connectivity index (χ2n) is 6.44. The van der Waals surface area contributed by atoms with Crippen molar-refractivity contribution < 1.29 is 9.90 Å². The van der Waals surface area contributed by atoms with Crippen LogP contribution in [0.3, 0.4) is 0 Å². The Morgan fingerprint density at radius 2 is 1.78 bits per heavy atom. The second kappa shape index (κ2) is 9.09. The Kier molecular flexibility index (Phi) is 6.33. The molecule has 3 aromatic rings. The molecule has 0 aliphatic rings. The normalized spacial score (nSPS) is 10.7. The number of benzene rings is 2. The number of aryl methyl sites for hydroxylation is 2. The van der Waals surface area contributed by atoms with Gasteiger partial charge in [0.05, 0.1) is 12.2 Å². The number of carbonyl (C=O) groups is 1. The van der Waals surface area contributed by atoms with Crippen LogP contribution in [0.25, 0.3) is 0 Å². The number of aliphatic hydroxyl groups excluding tert-OH is 1. The molecule has 6 nitrogen and oxygen atoms in total. The number of nitrogens with zero attached hydrogens (tertiary/aromatic N) is 3. The van der Waals surface area contributed by atoms with E-state index in [-0.39, 0.29) is 12.5 Å². The molecule has 0 fully saturated rings. The number of amides is 1. The van der Waals surface area contributed by atoms with Crippen LogP contribution in [0.4, 0.5) is 5.69 Å². The van der Waals surface area contributed by atoms with Gasteiger partial charge in [0.1, 0.15) is 0 Å². The van der Waals surface area contributed by atoms with E-state index in [1.54, 1.807) is 4.68 Å². The van der Waals surface area contributed by atoms with E-state index in [0.717, 1.165) is 29.8 Å². The number of rotatable bonds is 8. The van der Waals surface area contributed by atoms with Crippen molar-refractivity contribution in [3.63, 3.8) is 0 Å². The summed E-state index contributed by atoms with van der Waals surface area (Å²) >= 11 is 0. The van der Waals surface area contributed by atoms with Gasteiger partial charge >= 0.3 is 0 Å². The van der Waals surface area contributed by atoms with E-state index in [9.17, 15) is 4.79 Å². The van der Waals surface area contributed by atoms with Crippen LogP contribution in [0, 0.1) is 0 Å². The summed E-state index contributed by atoms with van der Waals surface area (Å²) in [6, 6.07) is 15.4. The van der Waals surface area contributed by atoms with Crippen LogP contribution in [0.2, 0.25) is 0 Å². The molecular weight excluding hydrogens is 340 g/mol. The number of hydrogen-bond acceptors (Lipinski definition) is 4. The van der Waals surface area contributed by atoms with E-state index < -0.39 is 0 Å². The molecule has 0 aliphatic heterocycles. The van der Waals surface area contributed by atoms with Crippen LogP contribution in [0.5, 0.6) is 0 Å². The Balaban J connectivity index is 1.58. The second-order valence-corrected chi connectivity index (χ2v) is 6.44. The van der Waals surface area contributed by atoms with E-state index in [1.165, 1.54) is 5.56 Å². The molecule has 0 atom stereocenters. The van der Waals surface area contributed by atoms with Crippen LogP contribution in [-0.4, -0.2) is 32.6 Å². The first kappa shape index (κ1) is 18.8. The van der Waals surface area contributed by atoms with E-state index in [4.69, 9.17) is 5.11 Å². The van der Waals surface area contributed by atoms with E-state index in [2.05, 4.69) is 22.6 Å². The molecule has 1 aromatic heterocycles. The van der Waals surface area contributed by atoms with Gasteiger partial charge in [0.15, 0.2) is 0 Å². The van der Waals surface area contributed by atoms with Crippen molar-refractivity contribution in [2.75, 3.05) is 11.9 Å². The monoisotopic (exact) mass is 364 g/mol. The summed E-state index contributed by atoms with van der Waals surface area (Å²) in [6.07, 6.45) is 4.26. The lowest BCUT2D eigenvalue weighted by Crippen LogP contribution is -2.12. The van der Waals surface area contributed by atoms with Gasteiger partial charge in [-0.25, -0.2) is 4.68 Å². The fourth-order valence-electron chi connectivity index (χ4n) is 2.77. The maximum Gasteiger partial charge on any atom is 0.255 e. The zero-order valence-corrected chi connectivity index (χ0v) is 15.4. The Hall–Kier alpha value is -2.99. The lowest BCUT2D eigenvalue weighted by molar-refractivity contribution is 0.102. The van der Waals surface area contributed by atoms with E-state index >= 15 is 0 Å². The zero-order valence-electron chi connectivity index (χ0n) is 15.4. The highest BCUT2D eigenvalue weighted by Crippen LogP contribution is 2.13. The third kappa shape index (κ3) is 5.24. The predicted molar refractivity (Wildman–Crippen MR) is 105 cm³/mol. The third-order valence-electron chi connectivity index (χ3n) is 4.36. The highest BCUT2D eigenvalue weighted by atomic mass is 16.2. The van der Waals surface area contributed by atoms with Crippen molar-refractivity contribution in [2.45, 2.75) is 32.7 Å². The van der Waals surface area contributed by atoms with Crippen molar-refractivity contribution in [2.24, 2.45) is 0 Å². The van der Waals surface area contributed by atoms with Gasteiger partial charge in [-0.3, -0.25) is 4.79 Å². The molecule has 6 heteroatoms. The molecule has 0 spiro atoms. The number of carbonyl (C=O) groups excluding carboxylic acids is 1. The summed E-state index contributed by atoms with van der Waals surface area (Å²) in [5.41, 5.74) is 4.55. The summed E-state index contributed by atoms with van der Waals surface area (Å²) in [5.74, 6) is -0.127. The van der Waals surface area contributed by atoms with Crippen molar-refractivity contribution in [1.82, 2.24) is 15.0 Å². The molecule has 0 radical (unpaired) electrons. The maximum atomic E-state index is 12.4. The minimum atomic E-state index is -0.127. The molecule has 0 saturated heterocycles. The lowest BCUT2D eigenvalue weighted by Gasteiger charge is -2.07. The fraction of sp³-hybridized carbons (Fsp3) is 0.286. The highest BCUT2D eigenvalue weighted by molar-refractivity contribution is 6.04. The third-order valence-corrected chi connectivity index (χ3v) is 4.36. The molecule has 1 heterocycles. The van der Waals surface area contributed by atoms with Crippen LogP contribution in [-0.2, 0) is 19.4 Å². The topological polar surface area (TPSA) is 80.0 Å². The van der Waals surface area contributed by atoms with Gasteiger partial charge < -0.3 is 10.4 Å². The zero-order chi connectivity index (χ0) is 19.1. The minimum absolute atomic E-state index is 0.127. The molecular formula is C21H24N4O2. The Labute approximate surface area is 158 Å². The Morgan fingerprint density at radius 1 is 1.07 bits per heavy atom. The summed E-state index contributed by atoms with van der Waals surface area (Å²) < 4.78 is 1.76. The maximum absolute atomic E-state index is 12.4. The Bertz CT molecular complexity index is 870. The summed E-state index contributed by atoms with van der Waals surface area (Å²) in [4.78, 5) is 12.4. The quantitative estimate of drug-likeness (QED) is 0.644. The van der Waals surface area contributed by atoms with Crippen molar-refractivity contribution in [3.05, 3.63) is 77.1 Å². The predicted octanol–water partition coefficient (Wildman–Crippen LogP) is 3.07. The summed E-state index contributed by atoms with van der Waals surface area (Å²) in [5, 5.41) is 20.0. The number of nitrogens with one attached hydrogen (secondary N) is 1. The highest BCUT2D eigenvalue weighted by Gasteiger charge is 2.07. The van der Waals surface area contributed by atoms with Gasteiger partial charge in [-0.05, 0) is 54.7 Å². The first-order chi connectivity index (χ1) is 13.2. The molecule has 1 amide bonds. The van der Waals surface area contributed by atoms with Crippen LogP contribution in [0.15, 0.2) is 54.7 Å². The van der Waals surface area contributed by atoms with Gasteiger partial charge in [-0.1, -0.05) is 36.4 Å². The van der Waals surface area contributed by atoms with Crippen LogP contribution in [0.1, 0.15) is 40.5 Å². The van der Waals surface area contributed by atoms with Crippen LogP contribution < -0.4 is 5.32 Å². The van der Waals surface area contributed by atoms with Gasteiger partial charge in [0.2, 0.25) is 0 Å². The number of aliphatic hydroxyl groups is 1. The fourth-order valence-corrected chi connectivity index (χ4v) is 2.77. The molecule has 27 heavy (non-hydrogen) atoms. The van der Waals surface area contributed by atoms with Crippen molar-refractivity contribution in [1.29, 1.82) is 0 Å². The van der Waals surface area contributed by atoms with Gasteiger partial charge in [0, 0.05) is 24.1 Å². The molecule has 0 saturated carbocycles. The minimum Gasteiger partial charge on any atom is -0.396 e. The summed E-state index contributed by atoms with van der Waals surface area (Å²) in [7, 11) is 0. The van der Waals surface area contributed by atoms with E-state index in [0.29, 0.717) is 18.5 Å².